The molecule has 1 saturated heterocycles. The van der Waals surface area contributed by atoms with Crippen molar-refractivity contribution in [1.82, 2.24) is 14.5 Å². The molecular weight excluding hydrogens is 414 g/mol. The second-order valence-corrected chi connectivity index (χ2v) is 10.5. The maximum Gasteiger partial charge on any atom is 0.243 e. The molecule has 2 heterocycles. The molecule has 1 amide bonds. The van der Waals surface area contributed by atoms with Gasteiger partial charge in [-0.05, 0) is 71.0 Å². The minimum absolute atomic E-state index is 0.0295. The summed E-state index contributed by atoms with van der Waals surface area (Å²) in [6.07, 6.45) is 2.66. The van der Waals surface area contributed by atoms with Crippen LogP contribution in [0.2, 0.25) is 0 Å². The van der Waals surface area contributed by atoms with Crippen molar-refractivity contribution in [2.75, 3.05) is 33.7 Å². The third-order valence-electron chi connectivity index (χ3n) is 5.99. The van der Waals surface area contributed by atoms with E-state index in [0.717, 1.165) is 22.5 Å². The van der Waals surface area contributed by atoms with Crippen LogP contribution >= 0.6 is 0 Å². The van der Waals surface area contributed by atoms with Crippen molar-refractivity contribution in [2.24, 2.45) is 5.92 Å². The average molecular weight is 448 g/mol. The number of aryl methyl sites for hydroxylation is 3. The van der Waals surface area contributed by atoms with E-state index in [9.17, 15) is 13.2 Å². The lowest BCUT2D eigenvalue weighted by molar-refractivity contribution is -0.126. The Kier molecular flexibility index (Phi) is 7.24. The van der Waals surface area contributed by atoms with Gasteiger partial charge in [-0.1, -0.05) is 17.7 Å². The van der Waals surface area contributed by atoms with Gasteiger partial charge >= 0.3 is 0 Å². The average Bonchev–Trinajstić information content (AvgIpc) is 3.21. The summed E-state index contributed by atoms with van der Waals surface area (Å²) in [5, 5.41) is 3.02. The number of nitrogens with one attached hydrogen (secondary N) is 1. The van der Waals surface area contributed by atoms with Crippen molar-refractivity contribution in [3.8, 4) is 0 Å². The standard InChI is InChI=1S/C23H33N3O4S/c1-16-13-17(2)22(18(3)14-16)31(28,29)26-10-8-19(9-11-26)23(27)24-15-20(25(4)5)21-7-6-12-30-21/h6-7,12-14,19-20H,8-11,15H2,1-5H3,(H,24,27). The van der Waals surface area contributed by atoms with Crippen LogP contribution in [0.25, 0.3) is 0 Å². The van der Waals surface area contributed by atoms with Crippen molar-refractivity contribution < 1.29 is 17.6 Å². The molecule has 1 fully saturated rings. The molecule has 7 nitrogen and oxygen atoms in total. The second-order valence-electron chi connectivity index (χ2n) is 8.65. The summed E-state index contributed by atoms with van der Waals surface area (Å²) in [4.78, 5) is 15.1. The summed E-state index contributed by atoms with van der Waals surface area (Å²) in [5.41, 5.74) is 2.59. The van der Waals surface area contributed by atoms with Gasteiger partial charge in [-0.2, -0.15) is 4.31 Å². The smallest absolute Gasteiger partial charge is 0.243 e. The number of hydrogen-bond acceptors (Lipinski definition) is 5. The van der Waals surface area contributed by atoms with Crippen LogP contribution in [-0.2, 0) is 14.8 Å². The molecule has 1 aromatic heterocycles. The van der Waals surface area contributed by atoms with Gasteiger partial charge in [0.15, 0.2) is 0 Å². The van der Waals surface area contributed by atoms with Gasteiger partial charge in [-0.25, -0.2) is 8.42 Å². The van der Waals surface area contributed by atoms with E-state index in [-0.39, 0.29) is 17.9 Å². The molecule has 1 aliphatic rings. The van der Waals surface area contributed by atoms with E-state index < -0.39 is 10.0 Å². The molecule has 170 valence electrons. The number of sulfonamides is 1. The lowest BCUT2D eigenvalue weighted by Gasteiger charge is -2.32. The van der Waals surface area contributed by atoms with Crippen LogP contribution in [0.1, 0.15) is 41.3 Å². The first-order valence-corrected chi connectivity index (χ1v) is 12.1. The Hall–Kier alpha value is -2.16. The first-order valence-electron chi connectivity index (χ1n) is 10.7. The zero-order valence-electron chi connectivity index (χ0n) is 19.0. The molecule has 1 unspecified atom stereocenters. The highest BCUT2D eigenvalue weighted by atomic mass is 32.2. The number of furan rings is 1. The number of hydrogen-bond donors (Lipinski definition) is 1. The minimum atomic E-state index is -3.57. The number of carbonyl (C=O) groups is 1. The molecule has 3 rings (SSSR count). The maximum absolute atomic E-state index is 13.2. The molecule has 31 heavy (non-hydrogen) atoms. The third-order valence-corrected chi connectivity index (χ3v) is 8.20. The predicted molar refractivity (Wildman–Crippen MR) is 120 cm³/mol. The van der Waals surface area contributed by atoms with Crippen molar-refractivity contribution >= 4 is 15.9 Å². The highest BCUT2D eigenvalue weighted by Crippen LogP contribution is 2.29. The van der Waals surface area contributed by atoms with Gasteiger partial charge in [0.05, 0.1) is 17.2 Å². The van der Waals surface area contributed by atoms with Crippen LogP contribution in [-0.4, -0.2) is 57.3 Å². The molecule has 8 heteroatoms. The molecule has 1 atom stereocenters. The normalized spacial score (nSPS) is 17.1. The van der Waals surface area contributed by atoms with E-state index in [2.05, 4.69) is 5.32 Å². The van der Waals surface area contributed by atoms with Gasteiger partial charge in [0.1, 0.15) is 5.76 Å². The largest absolute Gasteiger partial charge is 0.468 e. The quantitative estimate of drug-likeness (QED) is 0.705. The summed E-state index contributed by atoms with van der Waals surface area (Å²) in [6, 6.07) is 7.49. The monoisotopic (exact) mass is 447 g/mol. The fraction of sp³-hybridized carbons (Fsp3) is 0.522. The molecular formula is C23H33N3O4S. The van der Waals surface area contributed by atoms with Crippen molar-refractivity contribution in [3.63, 3.8) is 0 Å². The van der Waals surface area contributed by atoms with Crippen LogP contribution in [0.4, 0.5) is 0 Å². The van der Waals surface area contributed by atoms with Crippen LogP contribution in [0.3, 0.4) is 0 Å². The Balaban J connectivity index is 1.61. The van der Waals surface area contributed by atoms with Gasteiger partial charge in [0.25, 0.3) is 0 Å². The Labute approximate surface area is 185 Å². The Morgan fingerprint density at radius 3 is 2.32 bits per heavy atom. The number of likely N-dealkylation sites (N-methyl/N-ethyl adjacent to an activating group) is 1. The van der Waals surface area contributed by atoms with Crippen LogP contribution in [0, 0.1) is 26.7 Å². The number of benzene rings is 1. The maximum atomic E-state index is 13.2. The molecule has 0 aliphatic carbocycles. The first kappa shape index (κ1) is 23.5. The Morgan fingerprint density at radius 2 is 1.81 bits per heavy atom. The molecule has 0 saturated carbocycles. The molecule has 1 N–H and O–H groups in total. The van der Waals surface area contributed by atoms with E-state index in [0.29, 0.717) is 37.4 Å². The molecule has 2 aromatic rings. The van der Waals surface area contributed by atoms with E-state index in [1.807, 2.05) is 64.0 Å². The first-order chi connectivity index (χ1) is 14.6. The lowest BCUT2D eigenvalue weighted by Crippen LogP contribution is -2.44. The number of rotatable bonds is 7. The van der Waals surface area contributed by atoms with Gasteiger partial charge in [0.2, 0.25) is 15.9 Å². The van der Waals surface area contributed by atoms with E-state index in [4.69, 9.17) is 4.42 Å². The summed E-state index contributed by atoms with van der Waals surface area (Å²) in [6.45, 7) is 6.79. The topological polar surface area (TPSA) is 82.9 Å². The number of amides is 1. The summed E-state index contributed by atoms with van der Waals surface area (Å²) in [7, 11) is 0.311. The second kappa shape index (κ2) is 9.54. The number of piperidine rings is 1. The Bertz CT molecular complexity index is 984. The van der Waals surface area contributed by atoms with E-state index >= 15 is 0 Å². The van der Waals surface area contributed by atoms with Gasteiger partial charge in [-0.15, -0.1) is 0 Å². The number of carbonyl (C=O) groups excluding carboxylic acids is 1. The fourth-order valence-electron chi connectivity index (χ4n) is 4.42. The van der Waals surface area contributed by atoms with Gasteiger partial charge < -0.3 is 9.73 Å². The zero-order chi connectivity index (χ0) is 22.8. The molecule has 1 aliphatic heterocycles. The zero-order valence-corrected chi connectivity index (χ0v) is 19.8. The lowest BCUT2D eigenvalue weighted by atomic mass is 9.97. The highest BCUT2D eigenvalue weighted by molar-refractivity contribution is 7.89. The predicted octanol–water partition coefficient (Wildman–Crippen LogP) is 3.02. The molecule has 1 aromatic carbocycles. The number of nitrogens with zero attached hydrogens (tertiary/aromatic N) is 2. The fourth-order valence-corrected chi connectivity index (χ4v) is 6.30. The van der Waals surface area contributed by atoms with Crippen molar-refractivity contribution in [1.29, 1.82) is 0 Å². The summed E-state index contributed by atoms with van der Waals surface area (Å²) >= 11 is 0. The third kappa shape index (κ3) is 5.19. The van der Waals surface area contributed by atoms with Crippen LogP contribution in [0.15, 0.2) is 39.8 Å². The van der Waals surface area contributed by atoms with Crippen LogP contribution < -0.4 is 5.32 Å². The summed E-state index contributed by atoms with van der Waals surface area (Å²) < 4.78 is 33.5. The highest BCUT2D eigenvalue weighted by Gasteiger charge is 2.34. The molecule has 0 radical (unpaired) electrons. The SMILES string of the molecule is Cc1cc(C)c(S(=O)(=O)N2CCC(C(=O)NCC(c3ccco3)N(C)C)CC2)c(C)c1. The molecule has 0 spiro atoms. The van der Waals surface area contributed by atoms with Gasteiger partial charge in [0, 0.05) is 25.6 Å². The van der Waals surface area contributed by atoms with Crippen LogP contribution in [0.5, 0.6) is 0 Å². The molecule has 0 bridgehead atoms. The minimum Gasteiger partial charge on any atom is -0.468 e. The van der Waals surface area contributed by atoms with E-state index in [1.54, 1.807) is 6.26 Å². The van der Waals surface area contributed by atoms with Crippen molar-refractivity contribution in [3.05, 3.63) is 53.0 Å². The van der Waals surface area contributed by atoms with Crippen molar-refractivity contribution in [2.45, 2.75) is 44.6 Å². The van der Waals surface area contributed by atoms with Gasteiger partial charge in [-0.3, -0.25) is 9.69 Å². The Morgan fingerprint density at radius 1 is 1.19 bits per heavy atom. The van der Waals surface area contributed by atoms with E-state index in [1.165, 1.54) is 4.31 Å². The summed E-state index contributed by atoms with van der Waals surface area (Å²) in [5.74, 6) is 0.583.